The molecule has 0 fully saturated rings. The van der Waals surface area contributed by atoms with Crippen molar-refractivity contribution < 1.29 is 19.1 Å². The number of hydrogen-bond donors (Lipinski definition) is 0. The van der Waals surface area contributed by atoms with Gasteiger partial charge in [0.1, 0.15) is 5.75 Å². The SMILES string of the molecule is C[C@@H](OC(=O)COc1ccc(Br)cc1)C(=O)N(C)c1ccccc1. The van der Waals surface area contributed by atoms with Crippen LogP contribution in [0, 0.1) is 0 Å². The van der Waals surface area contributed by atoms with E-state index >= 15 is 0 Å². The molecule has 0 aliphatic rings. The lowest BCUT2D eigenvalue weighted by Crippen LogP contribution is -2.38. The normalized spacial score (nSPS) is 11.5. The zero-order valence-electron chi connectivity index (χ0n) is 13.4. The Balaban J connectivity index is 1.84. The van der Waals surface area contributed by atoms with Crippen LogP contribution in [0.15, 0.2) is 59.1 Å². The number of esters is 1. The van der Waals surface area contributed by atoms with Gasteiger partial charge in [0.15, 0.2) is 12.7 Å². The topological polar surface area (TPSA) is 55.8 Å². The van der Waals surface area contributed by atoms with Crippen LogP contribution in [0.4, 0.5) is 5.69 Å². The van der Waals surface area contributed by atoms with Crippen LogP contribution in [0.2, 0.25) is 0 Å². The molecule has 0 heterocycles. The number of ether oxygens (including phenoxy) is 2. The Kier molecular flexibility index (Phi) is 6.37. The first-order valence-electron chi connectivity index (χ1n) is 7.38. The number of rotatable bonds is 6. The molecule has 1 atom stereocenters. The number of nitrogens with zero attached hydrogens (tertiary/aromatic N) is 1. The molecule has 0 aliphatic carbocycles. The Morgan fingerprint density at radius 2 is 1.71 bits per heavy atom. The third-order valence-corrected chi connectivity index (χ3v) is 3.83. The smallest absolute Gasteiger partial charge is 0.344 e. The van der Waals surface area contributed by atoms with Crippen molar-refractivity contribution in [1.29, 1.82) is 0 Å². The van der Waals surface area contributed by atoms with Gasteiger partial charge in [-0.05, 0) is 43.3 Å². The Morgan fingerprint density at radius 1 is 1.08 bits per heavy atom. The molecule has 0 N–H and O–H groups in total. The average Bonchev–Trinajstić information content (AvgIpc) is 2.60. The molecule has 2 aromatic rings. The summed E-state index contributed by atoms with van der Waals surface area (Å²) in [6.07, 6.45) is -0.892. The van der Waals surface area contributed by atoms with Crippen LogP contribution in [0.1, 0.15) is 6.92 Å². The second-order valence-electron chi connectivity index (χ2n) is 5.11. The highest BCUT2D eigenvalue weighted by molar-refractivity contribution is 9.10. The second kappa shape index (κ2) is 8.49. The summed E-state index contributed by atoms with van der Waals surface area (Å²) in [5.41, 5.74) is 0.733. The lowest BCUT2D eigenvalue weighted by atomic mass is 10.2. The van der Waals surface area contributed by atoms with Crippen molar-refractivity contribution >= 4 is 33.5 Å². The van der Waals surface area contributed by atoms with Crippen molar-refractivity contribution in [1.82, 2.24) is 0 Å². The molecule has 1 amide bonds. The van der Waals surface area contributed by atoms with Gasteiger partial charge >= 0.3 is 5.97 Å². The number of hydrogen-bond acceptors (Lipinski definition) is 4. The maximum Gasteiger partial charge on any atom is 0.344 e. The summed E-state index contributed by atoms with van der Waals surface area (Å²) in [6, 6.07) is 16.2. The highest BCUT2D eigenvalue weighted by atomic mass is 79.9. The van der Waals surface area contributed by atoms with Crippen LogP contribution < -0.4 is 9.64 Å². The summed E-state index contributed by atoms with van der Waals surface area (Å²) >= 11 is 3.32. The molecule has 0 saturated carbocycles. The number of amides is 1. The molecule has 0 spiro atoms. The van der Waals surface area contributed by atoms with Gasteiger partial charge in [0.05, 0.1) is 0 Å². The molecule has 6 heteroatoms. The van der Waals surface area contributed by atoms with E-state index in [2.05, 4.69) is 15.9 Å². The van der Waals surface area contributed by atoms with Crippen molar-refractivity contribution in [2.45, 2.75) is 13.0 Å². The summed E-state index contributed by atoms with van der Waals surface area (Å²) in [5, 5.41) is 0. The quantitative estimate of drug-likeness (QED) is 0.707. The van der Waals surface area contributed by atoms with Crippen molar-refractivity contribution in [2.24, 2.45) is 0 Å². The third kappa shape index (κ3) is 5.09. The van der Waals surface area contributed by atoms with Crippen LogP contribution in [0.5, 0.6) is 5.75 Å². The lowest BCUT2D eigenvalue weighted by Gasteiger charge is -2.21. The number of carbonyl (C=O) groups is 2. The van der Waals surface area contributed by atoms with E-state index in [4.69, 9.17) is 9.47 Å². The fraction of sp³-hybridized carbons (Fsp3) is 0.222. The van der Waals surface area contributed by atoms with Gasteiger partial charge in [0, 0.05) is 17.2 Å². The summed E-state index contributed by atoms with van der Waals surface area (Å²) < 4.78 is 11.4. The largest absolute Gasteiger partial charge is 0.482 e. The van der Waals surface area contributed by atoms with E-state index in [0.29, 0.717) is 5.75 Å². The fourth-order valence-corrected chi connectivity index (χ4v) is 2.27. The first kappa shape index (κ1) is 18.0. The molecule has 0 bridgehead atoms. The molecule has 0 aromatic heterocycles. The van der Waals surface area contributed by atoms with Gasteiger partial charge in [0.25, 0.3) is 5.91 Å². The van der Waals surface area contributed by atoms with Crippen LogP contribution in [-0.4, -0.2) is 31.6 Å². The van der Waals surface area contributed by atoms with Crippen LogP contribution >= 0.6 is 15.9 Å². The summed E-state index contributed by atoms with van der Waals surface area (Å²) in [4.78, 5) is 25.6. The van der Waals surface area contributed by atoms with Crippen molar-refractivity contribution in [3.8, 4) is 5.75 Å². The maximum absolute atomic E-state index is 12.3. The van der Waals surface area contributed by atoms with Gasteiger partial charge in [-0.3, -0.25) is 4.79 Å². The number of para-hydroxylation sites is 1. The fourth-order valence-electron chi connectivity index (χ4n) is 2.01. The summed E-state index contributed by atoms with van der Waals surface area (Å²) in [7, 11) is 1.64. The zero-order chi connectivity index (χ0) is 17.5. The van der Waals surface area contributed by atoms with Gasteiger partial charge in [-0.15, -0.1) is 0 Å². The number of carbonyl (C=O) groups excluding carboxylic acids is 2. The van der Waals surface area contributed by atoms with E-state index in [0.717, 1.165) is 10.2 Å². The first-order valence-corrected chi connectivity index (χ1v) is 8.17. The average molecular weight is 392 g/mol. The second-order valence-corrected chi connectivity index (χ2v) is 6.02. The molecular formula is C18H18BrNO4. The van der Waals surface area contributed by atoms with Gasteiger partial charge < -0.3 is 14.4 Å². The summed E-state index contributed by atoms with van der Waals surface area (Å²) in [5.74, 6) is -0.353. The summed E-state index contributed by atoms with van der Waals surface area (Å²) in [6.45, 7) is 1.29. The van der Waals surface area contributed by atoms with Gasteiger partial charge in [0.2, 0.25) is 0 Å². The molecule has 2 rings (SSSR count). The van der Waals surface area contributed by atoms with E-state index in [9.17, 15) is 9.59 Å². The number of anilines is 1. The molecule has 0 saturated heterocycles. The molecular weight excluding hydrogens is 374 g/mol. The van der Waals surface area contributed by atoms with Gasteiger partial charge in [-0.2, -0.15) is 0 Å². The van der Waals surface area contributed by atoms with Gasteiger partial charge in [-0.1, -0.05) is 34.1 Å². The first-order chi connectivity index (χ1) is 11.5. The maximum atomic E-state index is 12.3. The van der Waals surface area contributed by atoms with Crippen LogP contribution in [0.25, 0.3) is 0 Å². The minimum atomic E-state index is -0.892. The predicted octanol–water partition coefficient (Wildman–Crippen LogP) is 3.42. The predicted molar refractivity (Wildman–Crippen MR) is 95.0 cm³/mol. The van der Waals surface area contributed by atoms with E-state index in [1.165, 1.54) is 4.90 Å². The highest BCUT2D eigenvalue weighted by Crippen LogP contribution is 2.16. The van der Waals surface area contributed by atoms with Crippen LogP contribution in [-0.2, 0) is 14.3 Å². The van der Waals surface area contributed by atoms with E-state index in [1.54, 1.807) is 26.1 Å². The number of benzene rings is 2. The molecule has 126 valence electrons. The minimum absolute atomic E-state index is 0.256. The van der Waals surface area contributed by atoms with Gasteiger partial charge in [-0.25, -0.2) is 4.79 Å². The standard InChI is InChI=1S/C18H18BrNO4/c1-13(18(22)20(2)15-6-4-3-5-7-15)24-17(21)12-23-16-10-8-14(19)9-11-16/h3-11,13H,12H2,1-2H3/t13-/m1/s1. The lowest BCUT2D eigenvalue weighted by molar-refractivity contribution is -0.155. The van der Waals surface area contributed by atoms with Crippen molar-refractivity contribution in [3.05, 3.63) is 59.1 Å². The number of halogens is 1. The molecule has 24 heavy (non-hydrogen) atoms. The number of likely N-dealkylation sites (N-methyl/N-ethyl adjacent to an activating group) is 1. The molecule has 0 radical (unpaired) electrons. The Labute approximate surface area is 149 Å². The van der Waals surface area contributed by atoms with E-state index in [-0.39, 0.29) is 12.5 Å². The monoisotopic (exact) mass is 391 g/mol. The Hall–Kier alpha value is -2.34. The molecule has 2 aromatic carbocycles. The zero-order valence-corrected chi connectivity index (χ0v) is 15.0. The Bertz CT molecular complexity index is 688. The minimum Gasteiger partial charge on any atom is -0.482 e. The molecule has 5 nitrogen and oxygen atoms in total. The molecule has 0 aliphatic heterocycles. The van der Waals surface area contributed by atoms with Crippen LogP contribution in [0.3, 0.4) is 0 Å². The van der Waals surface area contributed by atoms with Crippen molar-refractivity contribution in [2.75, 3.05) is 18.6 Å². The third-order valence-electron chi connectivity index (χ3n) is 3.30. The van der Waals surface area contributed by atoms with E-state index < -0.39 is 12.1 Å². The highest BCUT2D eigenvalue weighted by Gasteiger charge is 2.22. The Morgan fingerprint density at radius 3 is 2.33 bits per heavy atom. The molecule has 0 unspecified atom stereocenters. The van der Waals surface area contributed by atoms with Crippen molar-refractivity contribution in [3.63, 3.8) is 0 Å². The van der Waals surface area contributed by atoms with E-state index in [1.807, 2.05) is 42.5 Å².